The second kappa shape index (κ2) is 7.96. The van der Waals surface area contributed by atoms with Crippen molar-refractivity contribution in [2.24, 2.45) is 0 Å². The van der Waals surface area contributed by atoms with Crippen LogP contribution in [0.4, 0.5) is 0 Å². The van der Waals surface area contributed by atoms with Gasteiger partial charge in [0.1, 0.15) is 0 Å². The van der Waals surface area contributed by atoms with Gasteiger partial charge in [-0.1, -0.05) is 65.6 Å². The molecular weight excluding hydrogens is 318 g/mol. The molecule has 24 heavy (non-hydrogen) atoms. The van der Waals surface area contributed by atoms with Crippen molar-refractivity contribution in [2.75, 3.05) is 13.1 Å². The van der Waals surface area contributed by atoms with Crippen LogP contribution in [0.5, 0.6) is 0 Å². The van der Waals surface area contributed by atoms with E-state index in [1.165, 1.54) is 9.87 Å². The molecule has 124 valence electrons. The van der Waals surface area contributed by atoms with Crippen molar-refractivity contribution in [3.8, 4) is 12.3 Å². The van der Waals surface area contributed by atoms with Crippen LogP contribution in [-0.4, -0.2) is 25.8 Å². The van der Waals surface area contributed by atoms with Crippen LogP contribution in [0.15, 0.2) is 59.5 Å². The Morgan fingerprint density at radius 2 is 1.54 bits per heavy atom. The molecule has 4 heteroatoms. The molecule has 0 N–H and O–H groups in total. The lowest BCUT2D eigenvalue weighted by Crippen LogP contribution is -2.31. The van der Waals surface area contributed by atoms with E-state index in [4.69, 9.17) is 6.42 Å². The van der Waals surface area contributed by atoms with E-state index in [0.29, 0.717) is 0 Å². The van der Waals surface area contributed by atoms with Gasteiger partial charge >= 0.3 is 0 Å². The van der Waals surface area contributed by atoms with Crippen molar-refractivity contribution in [2.45, 2.75) is 18.7 Å². The minimum absolute atomic E-state index is 0.0362. The molecule has 0 bridgehead atoms. The van der Waals surface area contributed by atoms with Crippen molar-refractivity contribution < 1.29 is 8.42 Å². The first-order chi connectivity index (χ1) is 11.4. The SMILES string of the molecule is C#CCN(CC=Cc1ccc(C)cc1)S(=O)(=O)c1ccc(C)cc1. The maximum Gasteiger partial charge on any atom is 0.244 e. The molecule has 3 nitrogen and oxygen atoms in total. The van der Waals surface area contributed by atoms with E-state index in [9.17, 15) is 8.42 Å². The van der Waals surface area contributed by atoms with Crippen LogP contribution in [0, 0.1) is 26.2 Å². The largest absolute Gasteiger partial charge is 0.244 e. The first-order valence-electron chi connectivity index (χ1n) is 7.67. The highest BCUT2D eigenvalue weighted by Gasteiger charge is 2.22. The van der Waals surface area contributed by atoms with Gasteiger partial charge < -0.3 is 0 Å². The number of rotatable bonds is 6. The first kappa shape index (κ1) is 18.0. The summed E-state index contributed by atoms with van der Waals surface area (Å²) >= 11 is 0. The summed E-state index contributed by atoms with van der Waals surface area (Å²) in [6.07, 6.45) is 9.06. The van der Waals surface area contributed by atoms with Crippen molar-refractivity contribution >= 4 is 16.1 Å². The van der Waals surface area contributed by atoms with Gasteiger partial charge in [-0.3, -0.25) is 0 Å². The van der Waals surface area contributed by atoms with E-state index in [0.717, 1.165) is 11.1 Å². The summed E-state index contributed by atoms with van der Waals surface area (Å²) in [6.45, 7) is 4.21. The Kier molecular flexibility index (Phi) is 5.97. The van der Waals surface area contributed by atoms with E-state index in [-0.39, 0.29) is 18.0 Å². The smallest absolute Gasteiger partial charge is 0.207 e. The van der Waals surface area contributed by atoms with Crippen LogP contribution in [-0.2, 0) is 10.0 Å². The molecule has 0 atom stereocenters. The topological polar surface area (TPSA) is 37.4 Å². The van der Waals surface area contributed by atoms with Gasteiger partial charge in [0.15, 0.2) is 0 Å². The monoisotopic (exact) mass is 339 g/mol. The third-order valence-corrected chi connectivity index (χ3v) is 5.45. The van der Waals surface area contributed by atoms with Gasteiger partial charge in [0.05, 0.1) is 11.4 Å². The summed E-state index contributed by atoms with van der Waals surface area (Å²) in [4.78, 5) is 0.257. The highest BCUT2D eigenvalue weighted by molar-refractivity contribution is 7.89. The maximum absolute atomic E-state index is 12.7. The molecule has 2 rings (SSSR count). The van der Waals surface area contributed by atoms with Gasteiger partial charge in [0.25, 0.3) is 0 Å². The summed E-state index contributed by atoms with van der Waals surface area (Å²) in [5.74, 6) is 2.42. The summed E-state index contributed by atoms with van der Waals surface area (Å²) in [5.41, 5.74) is 3.22. The quantitative estimate of drug-likeness (QED) is 0.754. The number of terminal acetylenes is 1. The minimum Gasteiger partial charge on any atom is -0.207 e. The zero-order chi connectivity index (χ0) is 17.6. The first-order valence-corrected chi connectivity index (χ1v) is 9.11. The van der Waals surface area contributed by atoms with Gasteiger partial charge in [0.2, 0.25) is 10.0 Å². The molecule has 0 saturated carbocycles. The minimum atomic E-state index is -3.60. The fourth-order valence-corrected chi connectivity index (χ4v) is 3.50. The molecule has 0 heterocycles. The molecule has 2 aromatic rings. The van der Waals surface area contributed by atoms with Crippen molar-refractivity contribution in [1.82, 2.24) is 4.31 Å². The predicted octanol–water partition coefficient (Wildman–Crippen LogP) is 3.64. The van der Waals surface area contributed by atoms with E-state index in [1.807, 2.05) is 50.3 Å². The van der Waals surface area contributed by atoms with Crippen LogP contribution in [0.3, 0.4) is 0 Å². The Balaban J connectivity index is 2.18. The second-order valence-corrected chi connectivity index (χ2v) is 7.57. The number of sulfonamides is 1. The highest BCUT2D eigenvalue weighted by Crippen LogP contribution is 2.16. The Morgan fingerprint density at radius 1 is 1.00 bits per heavy atom. The molecule has 0 fully saturated rings. The zero-order valence-electron chi connectivity index (χ0n) is 13.9. The Hall–Kier alpha value is -2.35. The molecule has 0 aliphatic rings. The van der Waals surface area contributed by atoms with Crippen molar-refractivity contribution in [3.63, 3.8) is 0 Å². The fraction of sp³-hybridized carbons (Fsp3) is 0.200. The van der Waals surface area contributed by atoms with E-state index < -0.39 is 10.0 Å². The molecule has 0 aromatic heterocycles. The number of nitrogens with zero attached hydrogens (tertiary/aromatic N) is 1. The Bertz CT molecular complexity index is 842. The summed E-state index contributed by atoms with van der Waals surface area (Å²) in [5, 5.41) is 0. The summed E-state index contributed by atoms with van der Waals surface area (Å²) in [6, 6.07) is 14.8. The lowest BCUT2D eigenvalue weighted by Gasteiger charge is -2.18. The Labute approximate surface area is 144 Å². The average Bonchev–Trinajstić information content (AvgIpc) is 2.56. The molecule has 0 unspecified atom stereocenters. The van der Waals surface area contributed by atoms with Gasteiger partial charge in [0, 0.05) is 6.54 Å². The third kappa shape index (κ3) is 4.58. The average molecular weight is 339 g/mol. The van der Waals surface area contributed by atoms with Crippen LogP contribution >= 0.6 is 0 Å². The van der Waals surface area contributed by atoms with Gasteiger partial charge in [-0.25, -0.2) is 8.42 Å². The van der Waals surface area contributed by atoms with Crippen LogP contribution < -0.4 is 0 Å². The Morgan fingerprint density at radius 3 is 2.08 bits per heavy atom. The summed E-state index contributed by atoms with van der Waals surface area (Å²) < 4.78 is 26.7. The lowest BCUT2D eigenvalue weighted by atomic mass is 10.1. The molecule has 0 aliphatic carbocycles. The molecule has 0 amide bonds. The van der Waals surface area contributed by atoms with Crippen LogP contribution in [0.1, 0.15) is 16.7 Å². The molecule has 0 aliphatic heterocycles. The van der Waals surface area contributed by atoms with Crippen LogP contribution in [0.25, 0.3) is 6.08 Å². The van der Waals surface area contributed by atoms with Gasteiger partial charge in [-0.05, 0) is 31.5 Å². The highest BCUT2D eigenvalue weighted by atomic mass is 32.2. The molecule has 0 radical (unpaired) electrons. The third-order valence-electron chi connectivity index (χ3n) is 3.62. The summed E-state index contributed by atoms with van der Waals surface area (Å²) in [7, 11) is -3.60. The standard InChI is InChI=1S/C20H21NO2S/c1-4-15-21(16-5-6-19-11-7-17(2)8-12-19)24(22,23)20-13-9-18(3)10-14-20/h1,5-14H,15-16H2,2-3H3. The molecule has 2 aromatic carbocycles. The van der Waals surface area contributed by atoms with E-state index in [1.54, 1.807) is 24.3 Å². The zero-order valence-corrected chi connectivity index (χ0v) is 14.8. The fourth-order valence-electron chi connectivity index (χ4n) is 2.19. The lowest BCUT2D eigenvalue weighted by molar-refractivity contribution is 0.478. The van der Waals surface area contributed by atoms with Gasteiger partial charge in [-0.15, -0.1) is 6.42 Å². The van der Waals surface area contributed by atoms with Crippen molar-refractivity contribution in [1.29, 1.82) is 0 Å². The van der Waals surface area contributed by atoms with Crippen LogP contribution in [0.2, 0.25) is 0 Å². The normalized spacial score (nSPS) is 11.8. The van der Waals surface area contributed by atoms with Crippen molar-refractivity contribution in [3.05, 3.63) is 71.3 Å². The number of benzene rings is 2. The number of hydrogen-bond donors (Lipinski definition) is 0. The van der Waals surface area contributed by atoms with Gasteiger partial charge in [-0.2, -0.15) is 4.31 Å². The maximum atomic E-state index is 12.7. The second-order valence-electron chi connectivity index (χ2n) is 5.63. The molecule has 0 saturated heterocycles. The van der Waals surface area contributed by atoms with E-state index >= 15 is 0 Å². The predicted molar refractivity (Wildman–Crippen MR) is 99.0 cm³/mol. The number of hydrogen-bond acceptors (Lipinski definition) is 2. The molecule has 0 spiro atoms. The number of aryl methyl sites for hydroxylation is 2. The van der Waals surface area contributed by atoms with E-state index in [2.05, 4.69) is 5.92 Å². The molecular formula is C20H21NO2S.